The van der Waals surface area contributed by atoms with Gasteiger partial charge in [-0.15, -0.1) is 0 Å². The molecule has 6 nitrogen and oxygen atoms in total. The Balaban J connectivity index is 1.81. The first-order valence-electron chi connectivity index (χ1n) is 10.1. The lowest BCUT2D eigenvalue weighted by atomic mass is 10.2. The van der Waals surface area contributed by atoms with Crippen LogP contribution < -0.4 is 18.5 Å². The van der Waals surface area contributed by atoms with Crippen molar-refractivity contribution in [1.29, 1.82) is 0 Å². The summed E-state index contributed by atoms with van der Waals surface area (Å²) in [7, 11) is -2.32. The smallest absolute Gasteiger partial charge is 0.264 e. The van der Waals surface area contributed by atoms with E-state index in [1.165, 1.54) is 4.31 Å². The van der Waals surface area contributed by atoms with Crippen molar-refractivity contribution in [2.45, 2.75) is 25.3 Å². The quantitative estimate of drug-likeness (QED) is 0.496. The Bertz CT molecular complexity index is 1240. The Kier molecular flexibility index (Phi) is 6.22. The first-order chi connectivity index (χ1) is 15.3. The van der Waals surface area contributed by atoms with Crippen molar-refractivity contribution in [2.24, 2.45) is 0 Å². The molecule has 0 spiro atoms. The van der Waals surface area contributed by atoms with Gasteiger partial charge in [0.1, 0.15) is 19.0 Å². The van der Waals surface area contributed by atoms with Crippen LogP contribution >= 0.6 is 11.6 Å². The van der Waals surface area contributed by atoms with Crippen LogP contribution in [0.4, 0.5) is 5.69 Å². The monoisotopic (exact) mass is 473 g/mol. The third kappa shape index (κ3) is 4.36. The molecule has 32 heavy (non-hydrogen) atoms. The first kappa shape index (κ1) is 22.3. The van der Waals surface area contributed by atoms with E-state index in [1.54, 1.807) is 56.5 Å². The summed E-state index contributed by atoms with van der Waals surface area (Å²) in [5.41, 5.74) is 2.74. The molecule has 1 aliphatic rings. The van der Waals surface area contributed by atoms with Crippen LogP contribution in [-0.2, 0) is 16.6 Å². The van der Waals surface area contributed by atoms with Crippen molar-refractivity contribution in [1.82, 2.24) is 0 Å². The molecule has 0 amide bonds. The van der Waals surface area contributed by atoms with E-state index in [0.717, 1.165) is 5.56 Å². The molecule has 0 saturated heterocycles. The summed E-state index contributed by atoms with van der Waals surface area (Å²) in [6.45, 7) is 4.56. The fourth-order valence-corrected chi connectivity index (χ4v) is 5.64. The minimum atomic E-state index is -3.88. The summed E-state index contributed by atoms with van der Waals surface area (Å²) in [6.07, 6.45) is 0. The van der Waals surface area contributed by atoms with Gasteiger partial charge < -0.3 is 14.2 Å². The van der Waals surface area contributed by atoms with Crippen molar-refractivity contribution in [3.63, 3.8) is 0 Å². The maximum atomic E-state index is 13.8. The topological polar surface area (TPSA) is 65.1 Å². The zero-order chi connectivity index (χ0) is 22.9. The Morgan fingerprint density at radius 1 is 1.00 bits per heavy atom. The molecular formula is C24H24ClNO5S. The van der Waals surface area contributed by atoms with Crippen LogP contribution in [0.3, 0.4) is 0 Å². The van der Waals surface area contributed by atoms with Gasteiger partial charge in [-0.2, -0.15) is 0 Å². The molecule has 0 atom stereocenters. The normalized spacial score (nSPS) is 13.0. The molecule has 1 aliphatic heterocycles. The standard InChI is InChI=1S/C24H24ClNO5S/c1-16-4-5-17(2)23(12-16)32(27,28)26(19-6-8-20(29-3)9-7-19)15-18-13-21(25)24-22(14-18)30-10-11-31-24/h4-9,12-14H,10-11,15H2,1-3H3. The fraction of sp³-hybridized carbons (Fsp3) is 0.250. The molecule has 0 radical (unpaired) electrons. The van der Waals surface area contributed by atoms with E-state index in [4.69, 9.17) is 25.8 Å². The second-order valence-corrected chi connectivity index (χ2v) is 9.82. The Morgan fingerprint density at radius 2 is 1.72 bits per heavy atom. The molecule has 3 aromatic carbocycles. The highest BCUT2D eigenvalue weighted by Crippen LogP contribution is 2.39. The second kappa shape index (κ2) is 8.92. The predicted octanol–water partition coefficient (Wildman–Crippen LogP) is 5.13. The molecule has 1 heterocycles. The second-order valence-electron chi connectivity index (χ2n) is 7.58. The van der Waals surface area contributed by atoms with Crippen LogP contribution in [-0.4, -0.2) is 28.7 Å². The summed E-state index contributed by atoms with van der Waals surface area (Å²) in [5, 5.41) is 0.385. The number of anilines is 1. The molecular weight excluding hydrogens is 450 g/mol. The van der Waals surface area contributed by atoms with Gasteiger partial charge in [-0.25, -0.2) is 8.42 Å². The highest BCUT2D eigenvalue weighted by Gasteiger charge is 2.28. The number of hydrogen-bond acceptors (Lipinski definition) is 5. The van der Waals surface area contributed by atoms with Gasteiger partial charge in [0.2, 0.25) is 0 Å². The van der Waals surface area contributed by atoms with E-state index in [0.29, 0.717) is 52.3 Å². The van der Waals surface area contributed by atoms with E-state index in [2.05, 4.69) is 0 Å². The third-order valence-corrected chi connectivity index (χ3v) is 7.45. The fourth-order valence-electron chi connectivity index (χ4n) is 3.59. The lowest BCUT2D eigenvalue weighted by molar-refractivity contribution is 0.171. The van der Waals surface area contributed by atoms with Crippen molar-refractivity contribution in [3.8, 4) is 17.2 Å². The lowest BCUT2D eigenvalue weighted by Gasteiger charge is -2.27. The number of benzene rings is 3. The van der Waals surface area contributed by atoms with E-state index < -0.39 is 10.0 Å². The van der Waals surface area contributed by atoms with E-state index in [-0.39, 0.29) is 11.4 Å². The predicted molar refractivity (Wildman–Crippen MR) is 125 cm³/mol. The number of aryl methyl sites for hydroxylation is 2. The van der Waals surface area contributed by atoms with Gasteiger partial charge in [-0.3, -0.25) is 4.31 Å². The summed E-state index contributed by atoms with van der Waals surface area (Å²) in [5.74, 6) is 1.63. The number of nitrogens with zero attached hydrogens (tertiary/aromatic N) is 1. The van der Waals surface area contributed by atoms with Crippen LogP contribution in [0.15, 0.2) is 59.5 Å². The largest absolute Gasteiger partial charge is 0.497 e. The van der Waals surface area contributed by atoms with Crippen molar-refractivity contribution in [3.05, 3.63) is 76.3 Å². The first-order valence-corrected chi connectivity index (χ1v) is 11.9. The highest BCUT2D eigenvalue weighted by molar-refractivity contribution is 7.92. The molecule has 0 bridgehead atoms. The lowest BCUT2D eigenvalue weighted by Crippen LogP contribution is -2.31. The summed E-state index contributed by atoms with van der Waals surface area (Å²) >= 11 is 6.40. The van der Waals surface area contributed by atoms with Gasteiger partial charge in [0.25, 0.3) is 10.0 Å². The van der Waals surface area contributed by atoms with E-state index in [1.807, 2.05) is 19.1 Å². The number of methoxy groups -OCH3 is 1. The average Bonchev–Trinajstić information content (AvgIpc) is 2.79. The SMILES string of the molecule is COc1ccc(N(Cc2cc(Cl)c3c(c2)OCCO3)S(=O)(=O)c2cc(C)ccc2C)cc1. The maximum absolute atomic E-state index is 13.8. The molecule has 4 rings (SSSR count). The molecule has 0 unspecified atom stereocenters. The molecule has 0 aromatic heterocycles. The minimum Gasteiger partial charge on any atom is -0.497 e. The van der Waals surface area contributed by atoms with E-state index in [9.17, 15) is 8.42 Å². The number of ether oxygens (including phenoxy) is 3. The minimum absolute atomic E-state index is 0.0679. The Hall–Kier alpha value is -2.90. The molecule has 0 fully saturated rings. The van der Waals surface area contributed by atoms with Gasteiger partial charge in [0.15, 0.2) is 11.5 Å². The molecule has 0 N–H and O–H groups in total. The number of halogens is 1. The highest BCUT2D eigenvalue weighted by atomic mass is 35.5. The van der Waals surface area contributed by atoms with Crippen molar-refractivity contribution < 1.29 is 22.6 Å². The number of hydrogen-bond donors (Lipinski definition) is 0. The van der Waals surface area contributed by atoms with Crippen LogP contribution in [0.1, 0.15) is 16.7 Å². The van der Waals surface area contributed by atoms with Crippen LogP contribution in [0, 0.1) is 13.8 Å². The third-order valence-electron chi connectivity index (χ3n) is 5.25. The van der Waals surface area contributed by atoms with Gasteiger partial charge in [0.05, 0.1) is 29.3 Å². The Morgan fingerprint density at radius 3 is 2.44 bits per heavy atom. The summed E-state index contributed by atoms with van der Waals surface area (Å²) in [6, 6.07) is 15.8. The van der Waals surface area contributed by atoms with Gasteiger partial charge >= 0.3 is 0 Å². The van der Waals surface area contributed by atoms with Crippen molar-refractivity contribution in [2.75, 3.05) is 24.6 Å². The average molecular weight is 474 g/mol. The van der Waals surface area contributed by atoms with E-state index >= 15 is 0 Å². The molecule has 168 valence electrons. The van der Waals surface area contributed by atoms with Gasteiger partial charge in [0, 0.05) is 0 Å². The molecule has 0 aliphatic carbocycles. The summed E-state index contributed by atoms with van der Waals surface area (Å²) in [4.78, 5) is 0.261. The molecule has 8 heteroatoms. The number of sulfonamides is 1. The zero-order valence-electron chi connectivity index (χ0n) is 18.1. The maximum Gasteiger partial charge on any atom is 0.264 e. The zero-order valence-corrected chi connectivity index (χ0v) is 19.7. The van der Waals surface area contributed by atoms with Crippen LogP contribution in [0.25, 0.3) is 0 Å². The molecule has 0 saturated carbocycles. The number of rotatable bonds is 6. The molecule has 3 aromatic rings. The Labute approximate surface area is 193 Å². The van der Waals surface area contributed by atoms with Crippen LogP contribution in [0.5, 0.6) is 17.2 Å². The van der Waals surface area contributed by atoms with Gasteiger partial charge in [-0.05, 0) is 73.0 Å². The van der Waals surface area contributed by atoms with Crippen LogP contribution in [0.2, 0.25) is 5.02 Å². The van der Waals surface area contributed by atoms with Crippen molar-refractivity contribution >= 4 is 27.3 Å². The number of fused-ring (bicyclic) bond motifs is 1. The summed E-state index contributed by atoms with van der Waals surface area (Å²) < 4.78 is 45.6. The van der Waals surface area contributed by atoms with Gasteiger partial charge in [-0.1, -0.05) is 23.7 Å².